The lowest BCUT2D eigenvalue weighted by Gasteiger charge is -2.64. The molecule has 4 aliphatic carbocycles. The van der Waals surface area contributed by atoms with Gasteiger partial charge in [0.2, 0.25) is 0 Å². The Kier molecular flexibility index (Phi) is 9.64. The van der Waals surface area contributed by atoms with E-state index >= 15 is 0 Å². The van der Waals surface area contributed by atoms with Crippen molar-refractivity contribution in [2.45, 2.75) is 149 Å². The number of methoxy groups -OCH3 is 1. The molecule has 0 bridgehead atoms. The van der Waals surface area contributed by atoms with Crippen LogP contribution in [0.5, 0.6) is 0 Å². The summed E-state index contributed by atoms with van der Waals surface area (Å²) in [4.78, 5) is 12.0. The number of esters is 1. The third kappa shape index (κ3) is 6.15. The van der Waals surface area contributed by atoms with Gasteiger partial charge in [0.05, 0.1) is 13.2 Å². The summed E-state index contributed by atoms with van der Waals surface area (Å²) in [5.74, 6) is 4.27. The molecule has 0 spiro atoms. The number of fused-ring (bicyclic) bond motifs is 5. The summed E-state index contributed by atoms with van der Waals surface area (Å²) in [5, 5.41) is 0. The number of carbonyl (C=O) groups is 1. The summed E-state index contributed by atoms with van der Waals surface area (Å²) < 4.78 is 19.2. The summed E-state index contributed by atoms with van der Waals surface area (Å²) in [5.41, 5.74) is 0.645. The highest BCUT2D eigenvalue weighted by molar-refractivity contribution is 6.71. The van der Waals surface area contributed by atoms with Crippen molar-refractivity contribution in [1.29, 1.82) is 0 Å². The molecule has 4 saturated carbocycles. The van der Waals surface area contributed by atoms with Crippen molar-refractivity contribution in [3.05, 3.63) is 0 Å². The Hall–Kier alpha value is -0.176. The van der Waals surface area contributed by atoms with Gasteiger partial charge in [-0.25, -0.2) is 0 Å². The van der Waals surface area contributed by atoms with Crippen LogP contribution >= 0.6 is 0 Å². The van der Waals surface area contributed by atoms with Crippen LogP contribution in [-0.4, -0.2) is 41.9 Å². The molecule has 0 saturated heterocycles. The summed E-state index contributed by atoms with van der Waals surface area (Å²) >= 11 is 0. The second-order valence-corrected chi connectivity index (χ2v) is 24.8. The molecule has 0 aromatic heterocycles. The van der Waals surface area contributed by atoms with Crippen molar-refractivity contribution in [1.82, 2.24) is 0 Å². The van der Waals surface area contributed by atoms with Crippen LogP contribution in [0.25, 0.3) is 0 Å². The SMILES string of the molecule is CC[Si](C)(C)O[C@@H]1CC[C@@]2(C)[C@@H](CC[C@@H]3[C@@H]2C[C@@H](O[Si](C)(C)CC)[C@]2(C)[C@@H]([C@H](C)CCC(=O)OC)CC[C@@H]32)C1. The molecule has 0 N–H and O–H groups in total. The van der Waals surface area contributed by atoms with Gasteiger partial charge >= 0.3 is 5.97 Å². The average molecular weight is 579 g/mol. The number of hydrogen-bond donors (Lipinski definition) is 0. The van der Waals surface area contributed by atoms with Crippen LogP contribution < -0.4 is 0 Å². The monoisotopic (exact) mass is 578 g/mol. The minimum Gasteiger partial charge on any atom is -0.469 e. The average Bonchev–Trinajstić information content (AvgIpc) is 3.26. The zero-order chi connectivity index (χ0) is 28.8. The predicted octanol–water partition coefficient (Wildman–Crippen LogP) is 9.06. The van der Waals surface area contributed by atoms with Gasteiger partial charge in [0.1, 0.15) is 0 Å². The van der Waals surface area contributed by atoms with Crippen LogP contribution in [0.2, 0.25) is 38.3 Å². The zero-order valence-corrected chi connectivity index (χ0v) is 29.2. The van der Waals surface area contributed by atoms with Crippen molar-refractivity contribution in [3.8, 4) is 0 Å². The largest absolute Gasteiger partial charge is 0.469 e. The van der Waals surface area contributed by atoms with Crippen LogP contribution in [-0.2, 0) is 18.4 Å². The molecule has 0 unspecified atom stereocenters. The molecule has 0 radical (unpaired) electrons. The van der Waals surface area contributed by atoms with E-state index in [1.54, 1.807) is 0 Å². The lowest BCUT2D eigenvalue weighted by atomic mass is 9.43. The molecule has 0 aromatic rings. The maximum Gasteiger partial charge on any atom is 0.305 e. The third-order valence-electron chi connectivity index (χ3n) is 13.1. The van der Waals surface area contributed by atoms with Gasteiger partial charge in [-0.1, -0.05) is 34.6 Å². The fourth-order valence-corrected chi connectivity index (χ4v) is 12.6. The molecule has 10 atom stereocenters. The maximum atomic E-state index is 12.0. The first kappa shape index (κ1) is 31.8. The van der Waals surface area contributed by atoms with E-state index in [4.69, 9.17) is 13.6 Å². The quantitative estimate of drug-likeness (QED) is 0.192. The molecule has 0 amide bonds. The summed E-state index contributed by atoms with van der Waals surface area (Å²) in [6.45, 7) is 22.1. The summed E-state index contributed by atoms with van der Waals surface area (Å²) in [6.07, 6.45) is 12.9. The molecule has 4 aliphatic rings. The minimum absolute atomic E-state index is 0.0617. The highest BCUT2D eigenvalue weighted by atomic mass is 28.4. The van der Waals surface area contributed by atoms with E-state index in [-0.39, 0.29) is 11.4 Å². The van der Waals surface area contributed by atoms with Crippen molar-refractivity contribution in [2.75, 3.05) is 7.11 Å². The first-order valence-electron chi connectivity index (χ1n) is 16.6. The Bertz CT molecular complexity index is 861. The van der Waals surface area contributed by atoms with Crippen LogP contribution in [0.3, 0.4) is 0 Å². The van der Waals surface area contributed by atoms with Crippen LogP contribution in [0.4, 0.5) is 0 Å². The minimum atomic E-state index is -1.73. The molecule has 0 aliphatic heterocycles. The van der Waals surface area contributed by atoms with Gasteiger partial charge in [0.15, 0.2) is 16.6 Å². The van der Waals surface area contributed by atoms with E-state index in [9.17, 15) is 4.79 Å². The van der Waals surface area contributed by atoms with Gasteiger partial charge in [-0.3, -0.25) is 4.79 Å². The highest BCUT2D eigenvalue weighted by Gasteiger charge is 2.64. The van der Waals surface area contributed by atoms with Gasteiger partial charge in [-0.15, -0.1) is 0 Å². The Morgan fingerprint density at radius 3 is 2.21 bits per heavy atom. The topological polar surface area (TPSA) is 44.8 Å². The normalized spacial score (nSPS) is 41.3. The van der Waals surface area contributed by atoms with E-state index in [1.165, 1.54) is 70.6 Å². The lowest BCUT2D eigenvalue weighted by molar-refractivity contribution is -0.169. The van der Waals surface area contributed by atoms with Crippen LogP contribution in [0, 0.1) is 46.3 Å². The van der Waals surface area contributed by atoms with Crippen LogP contribution in [0.1, 0.15) is 98.8 Å². The molecule has 0 heterocycles. The number of rotatable bonds is 10. The molecule has 226 valence electrons. The van der Waals surface area contributed by atoms with Crippen molar-refractivity contribution in [2.24, 2.45) is 46.3 Å². The molecule has 0 aromatic carbocycles. The number of carbonyl (C=O) groups excluding carboxylic acids is 1. The van der Waals surface area contributed by atoms with Gasteiger partial charge in [-0.2, -0.15) is 0 Å². The fourth-order valence-electron chi connectivity index (χ4n) is 10.1. The second kappa shape index (κ2) is 11.8. The van der Waals surface area contributed by atoms with Gasteiger partial charge in [0.25, 0.3) is 0 Å². The van der Waals surface area contributed by atoms with Crippen molar-refractivity contribution in [3.63, 3.8) is 0 Å². The Morgan fingerprint density at radius 2 is 1.56 bits per heavy atom. The molecule has 39 heavy (non-hydrogen) atoms. The molecule has 4 rings (SSSR count). The highest BCUT2D eigenvalue weighted by Crippen LogP contribution is 2.69. The second-order valence-electron chi connectivity index (χ2n) is 15.9. The smallest absolute Gasteiger partial charge is 0.305 e. The van der Waals surface area contributed by atoms with Crippen LogP contribution in [0.15, 0.2) is 0 Å². The van der Waals surface area contributed by atoms with Gasteiger partial charge < -0.3 is 13.6 Å². The van der Waals surface area contributed by atoms with Crippen molar-refractivity contribution < 1.29 is 18.4 Å². The first-order chi connectivity index (χ1) is 18.2. The van der Waals surface area contributed by atoms with E-state index in [2.05, 4.69) is 60.8 Å². The Labute approximate surface area is 243 Å². The Balaban J connectivity index is 1.59. The Morgan fingerprint density at radius 1 is 0.897 bits per heavy atom. The first-order valence-corrected chi connectivity index (χ1v) is 22.9. The van der Waals surface area contributed by atoms with Crippen molar-refractivity contribution >= 4 is 22.6 Å². The maximum absolute atomic E-state index is 12.0. The zero-order valence-electron chi connectivity index (χ0n) is 27.2. The third-order valence-corrected chi connectivity index (χ3v) is 18.4. The van der Waals surface area contributed by atoms with E-state index in [0.29, 0.717) is 35.9 Å². The fraction of sp³-hybridized carbons (Fsp3) is 0.970. The number of ether oxygens (including phenoxy) is 1. The van der Waals surface area contributed by atoms with E-state index in [1.807, 2.05) is 0 Å². The lowest BCUT2D eigenvalue weighted by Crippen LogP contribution is -2.61. The summed E-state index contributed by atoms with van der Waals surface area (Å²) in [6, 6.07) is 2.39. The summed E-state index contributed by atoms with van der Waals surface area (Å²) in [7, 11) is -1.74. The molecular weight excluding hydrogens is 517 g/mol. The van der Waals surface area contributed by atoms with E-state index in [0.717, 1.165) is 30.1 Å². The number of hydrogen-bond acceptors (Lipinski definition) is 4. The standard InChI is InChI=1S/C33H62O4Si2/c1-11-38(7,8)36-25-19-20-32(4)24(21-25)14-15-26-28-17-16-27(23(3)13-18-31(34)35-6)33(28,5)30(22-29(26)32)37-39(9,10)12-2/h23-30H,11-22H2,1-10H3/t23-,24+,25-,26+,27-,28+,29+,30-,32+,33-/m1/s1. The van der Waals surface area contributed by atoms with Gasteiger partial charge in [0, 0.05) is 12.5 Å². The molecule has 4 fully saturated rings. The van der Waals surface area contributed by atoms with Gasteiger partial charge in [-0.05, 0) is 142 Å². The van der Waals surface area contributed by atoms with E-state index < -0.39 is 16.6 Å². The molecule has 6 heteroatoms. The predicted molar refractivity (Wildman–Crippen MR) is 167 cm³/mol. The molecular formula is C33H62O4Si2. The molecule has 4 nitrogen and oxygen atoms in total.